The van der Waals surface area contributed by atoms with E-state index in [0.717, 1.165) is 12.1 Å². The van der Waals surface area contributed by atoms with Gasteiger partial charge in [-0.05, 0) is 149 Å². The van der Waals surface area contributed by atoms with E-state index in [-0.39, 0.29) is 0 Å². The molecule has 0 radical (unpaired) electrons. The second kappa shape index (κ2) is 14.0. The maximum Gasteiger partial charge on any atom is 0.0734 e. The van der Waals surface area contributed by atoms with E-state index in [0.29, 0.717) is 5.92 Å². The molecule has 8 rings (SSSR count). The summed E-state index contributed by atoms with van der Waals surface area (Å²) < 4.78 is 2.37. The van der Waals surface area contributed by atoms with Crippen molar-refractivity contribution in [2.24, 2.45) is 0 Å². The minimum absolute atomic E-state index is 0.455. The van der Waals surface area contributed by atoms with Gasteiger partial charge < -0.3 is 4.57 Å². The minimum atomic E-state index is 0.455. The summed E-state index contributed by atoms with van der Waals surface area (Å²) in [5, 5.41) is 1.29. The van der Waals surface area contributed by atoms with Gasteiger partial charge in [0.25, 0.3) is 0 Å². The van der Waals surface area contributed by atoms with Gasteiger partial charge in [-0.2, -0.15) is 0 Å². The molecule has 6 aromatic carbocycles. The Balaban J connectivity index is 1.12. The number of aryl methyl sites for hydroxylation is 2. The number of fused-ring (bicyclic) bond motifs is 1. The molecule has 0 bridgehead atoms. The van der Waals surface area contributed by atoms with E-state index in [4.69, 9.17) is 4.98 Å². The molecule has 2 heteroatoms. The molecule has 8 aromatic rings. The van der Waals surface area contributed by atoms with Crippen molar-refractivity contribution in [2.45, 2.75) is 47.0 Å². The first kappa shape index (κ1) is 33.2. The molecule has 2 aromatic heterocycles. The zero-order valence-corrected chi connectivity index (χ0v) is 30.7. The summed E-state index contributed by atoms with van der Waals surface area (Å²) in [4.78, 5) is 4.82. The number of aromatic nitrogens is 2. The summed E-state index contributed by atoms with van der Waals surface area (Å²) in [6.45, 7) is 11.2. The molecule has 0 aliphatic heterocycles. The molecule has 0 aliphatic carbocycles. The van der Waals surface area contributed by atoms with Crippen LogP contribution in [0.15, 0.2) is 158 Å². The third-order valence-electron chi connectivity index (χ3n) is 10.9. The van der Waals surface area contributed by atoms with E-state index >= 15 is 0 Å². The lowest BCUT2D eigenvalue weighted by Crippen LogP contribution is -1.99. The van der Waals surface area contributed by atoms with Crippen LogP contribution in [0.5, 0.6) is 0 Å². The molecule has 2 nitrogen and oxygen atoms in total. The molecule has 0 spiro atoms. The second-order valence-electron chi connectivity index (χ2n) is 14.1. The smallest absolute Gasteiger partial charge is 0.0734 e. The van der Waals surface area contributed by atoms with Gasteiger partial charge in [0.05, 0.1) is 11.2 Å². The lowest BCUT2D eigenvalue weighted by atomic mass is 9.88. The zero-order valence-electron chi connectivity index (χ0n) is 30.7. The Morgan fingerprint density at radius 1 is 0.538 bits per heavy atom. The van der Waals surface area contributed by atoms with Crippen LogP contribution in [0, 0.1) is 20.8 Å². The Morgan fingerprint density at radius 2 is 1.08 bits per heavy atom. The largest absolute Gasteiger partial charge is 0.314 e. The normalized spacial score (nSPS) is 11.9. The van der Waals surface area contributed by atoms with Gasteiger partial charge in [0, 0.05) is 28.5 Å². The SMILES string of the molecule is CCC(C)c1ccc(-c2cccc(-c3cccc(-c4cccc(-c5ccc6c(c5)c(C)c(C)n6-c5ccccc5)c4)c3)c2)cc1-c1ncccc1C. The highest BCUT2D eigenvalue weighted by Crippen LogP contribution is 2.38. The quantitative estimate of drug-likeness (QED) is 0.157. The van der Waals surface area contributed by atoms with Crippen LogP contribution < -0.4 is 0 Å². The van der Waals surface area contributed by atoms with Crippen molar-refractivity contribution in [1.29, 1.82) is 0 Å². The van der Waals surface area contributed by atoms with Crippen LogP contribution >= 0.6 is 0 Å². The van der Waals surface area contributed by atoms with E-state index in [1.54, 1.807) is 0 Å². The molecule has 0 N–H and O–H groups in total. The average Bonchev–Trinajstić information content (AvgIpc) is 3.46. The Kier molecular flexibility index (Phi) is 8.91. The third kappa shape index (κ3) is 6.15. The first-order chi connectivity index (χ1) is 25.4. The highest BCUT2D eigenvalue weighted by atomic mass is 15.0. The molecule has 52 heavy (non-hydrogen) atoms. The van der Waals surface area contributed by atoms with Crippen LogP contribution in [0.4, 0.5) is 0 Å². The Hall–Kier alpha value is -5.99. The standard InChI is InChI=1S/C50H44N2/c1-6-33(2)46-25-23-43(32-48(46)50-34(3)14-13-27-51-50)41-19-11-17-39(29-41)37-15-10-16-38(28-37)40-18-12-20-42(30-40)44-24-26-49-47(31-44)35(4)36(5)52(49)45-21-8-7-9-22-45/h7-33H,6H2,1-5H3. The molecular weight excluding hydrogens is 629 g/mol. The molecule has 0 fully saturated rings. The van der Waals surface area contributed by atoms with Gasteiger partial charge in [0.15, 0.2) is 0 Å². The summed E-state index contributed by atoms with van der Waals surface area (Å²) in [6.07, 6.45) is 2.99. The molecule has 0 amide bonds. The maximum atomic E-state index is 4.82. The van der Waals surface area contributed by atoms with Crippen LogP contribution in [0.25, 0.3) is 72.4 Å². The Labute approximate surface area is 308 Å². The zero-order chi connectivity index (χ0) is 35.8. The predicted molar refractivity (Wildman–Crippen MR) is 221 cm³/mol. The van der Waals surface area contributed by atoms with Crippen LogP contribution in [-0.4, -0.2) is 9.55 Å². The third-order valence-corrected chi connectivity index (χ3v) is 10.9. The van der Waals surface area contributed by atoms with Gasteiger partial charge in [-0.3, -0.25) is 4.98 Å². The predicted octanol–water partition coefficient (Wildman–Crippen LogP) is 13.8. The van der Waals surface area contributed by atoms with Crippen molar-refractivity contribution in [2.75, 3.05) is 0 Å². The van der Waals surface area contributed by atoms with Gasteiger partial charge in [-0.25, -0.2) is 0 Å². The van der Waals surface area contributed by atoms with Gasteiger partial charge in [0.1, 0.15) is 0 Å². The fourth-order valence-electron chi connectivity index (χ4n) is 7.66. The van der Waals surface area contributed by atoms with Crippen LogP contribution in [-0.2, 0) is 0 Å². The molecule has 0 aliphatic rings. The van der Waals surface area contributed by atoms with Crippen LogP contribution in [0.3, 0.4) is 0 Å². The summed E-state index contributed by atoms with van der Waals surface area (Å²) in [7, 11) is 0. The molecular formula is C50H44N2. The van der Waals surface area contributed by atoms with Crippen molar-refractivity contribution in [3.8, 4) is 61.5 Å². The fourth-order valence-corrected chi connectivity index (χ4v) is 7.66. The number of para-hydroxylation sites is 1. The molecule has 0 saturated carbocycles. The number of pyridine rings is 1. The molecule has 0 saturated heterocycles. The maximum absolute atomic E-state index is 4.82. The monoisotopic (exact) mass is 672 g/mol. The lowest BCUT2D eigenvalue weighted by Gasteiger charge is -2.18. The topological polar surface area (TPSA) is 17.8 Å². The van der Waals surface area contributed by atoms with E-state index < -0.39 is 0 Å². The number of rotatable bonds is 8. The number of nitrogens with zero attached hydrogens (tertiary/aromatic N) is 2. The van der Waals surface area contributed by atoms with Crippen molar-refractivity contribution in [3.63, 3.8) is 0 Å². The van der Waals surface area contributed by atoms with Crippen LogP contribution in [0.2, 0.25) is 0 Å². The first-order valence-corrected chi connectivity index (χ1v) is 18.4. The van der Waals surface area contributed by atoms with Crippen molar-refractivity contribution in [3.05, 3.63) is 180 Å². The summed E-state index contributed by atoms with van der Waals surface area (Å²) in [6, 6.07) is 55.5. The van der Waals surface area contributed by atoms with E-state index in [1.165, 1.54) is 89.0 Å². The minimum Gasteiger partial charge on any atom is -0.314 e. The fraction of sp³-hybridized carbons (Fsp3) is 0.140. The Morgan fingerprint density at radius 3 is 1.63 bits per heavy atom. The number of benzene rings is 6. The summed E-state index contributed by atoms with van der Waals surface area (Å²) in [5.74, 6) is 0.455. The summed E-state index contributed by atoms with van der Waals surface area (Å²) >= 11 is 0. The van der Waals surface area contributed by atoms with E-state index in [2.05, 4.69) is 185 Å². The molecule has 254 valence electrons. The highest BCUT2D eigenvalue weighted by molar-refractivity contribution is 5.91. The van der Waals surface area contributed by atoms with Crippen LogP contribution in [0.1, 0.15) is 48.6 Å². The molecule has 1 unspecified atom stereocenters. The van der Waals surface area contributed by atoms with Gasteiger partial charge >= 0.3 is 0 Å². The average molecular weight is 673 g/mol. The number of hydrogen-bond acceptors (Lipinski definition) is 1. The second-order valence-corrected chi connectivity index (χ2v) is 14.1. The van der Waals surface area contributed by atoms with Crippen molar-refractivity contribution >= 4 is 10.9 Å². The first-order valence-electron chi connectivity index (χ1n) is 18.4. The van der Waals surface area contributed by atoms with Gasteiger partial charge in [-0.1, -0.05) is 111 Å². The highest BCUT2D eigenvalue weighted by Gasteiger charge is 2.16. The Bertz CT molecular complexity index is 2550. The lowest BCUT2D eigenvalue weighted by molar-refractivity contribution is 0.735. The molecule has 2 heterocycles. The van der Waals surface area contributed by atoms with Gasteiger partial charge in [0.2, 0.25) is 0 Å². The summed E-state index contributed by atoms with van der Waals surface area (Å²) in [5.41, 5.74) is 19.6. The van der Waals surface area contributed by atoms with Gasteiger partial charge in [-0.15, -0.1) is 0 Å². The van der Waals surface area contributed by atoms with Crippen molar-refractivity contribution in [1.82, 2.24) is 9.55 Å². The molecule has 1 atom stereocenters. The van der Waals surface area contributed by atoms with E-state index in [1.807, 2.05) is 12.3 Å². The number of hydrogen-bond donors (Lipinski definition) is 0. The van der Waals surface area contributed by atoms with E-state index in [9.17, 15) is 0 Å². The van der Waals surface area contributed by atoms with Crippen molar-refractivity contribution < 1.29 is 0 Å².